The Morgan fingerprint density at radius 1 is 1.03 bits per heavy atom. The number of nitrogens with one attached hydrogen (secondary N) is 1. The van der Waals surface area contributed by atoms with E-state index in [-0.39, 0.29) is 12.1 Å². The summed E-state index contributed by atoms with van der Waals surface area (Å²) in [6.07, 6.45) is 15.6. The molecule has 5 heteroatoms. The first-order valence-electron chi connectivity index (χ1n) is 15.2. The Morgan fingerprint density at radius 2 is 1.84 bits per heavy atom. The molecule has 0 bridgehead atoms. The third-order valence-corrected chi connectivity index (χ3v) is 10.6. The molecule has 0 aromatic heterocycles. The standard InChI is InChI=1S/C33H44N2O3/c36-19-4-14-33(34-16-20-37)15-13-28-29-11-7-24-21-26(38)10-12-27(24)32(29)30(22-31(28)33)23-5-8-25(9-6-23)35-17-2-1-3-18-35/h5-6,8-9,20-21,27-28,30-31,34,36H,1-4,7,10-19,22H2/t27?,28?,30-,31?,33+/m1/s1. The highest BCUT2D eigenvalue weighted by atomic mass is 16.3. The molecular weight excluding hydrogens is 472 g/mol. The van der Waals surface area contributed by atoms with Gasteiger partial charge >= 0.3 is 0 Å². The number of nitrogens with zero attached hydrogens (tertiary/aromatic N) is 1. The third-order valence-electron chi connectivity index (χ3n) is 10.6. The molecule has 2 N–H and O–H groups in total. The monoisotopic (exact) mass is 516 g/mol. The molecule has 4 aliphatic carbocycles. The molecule has 1 aliphatic heterocycles. The van der Waals surface area contributed by atoms with Crippen molar-refractivity contribution in [3.8, 4) is 0 Å². The molecule has 1 saturated carbocycles. The number of aliphatic hydroxyl groups is 1. The van der Waals surface area contributed by atoms with Crippen molar-refractivity contribution in [2.24, 2.45) is 17.8 Å². The number of allylic oxidation sites excluding steroid dienone is 4. The van der Waals surface area contributed by atoms with E-state index < -0.39 is 0 Å². The van der Waals surface area contributed by atoms with Gasteiger partial charge in [-0.2, -0.15) is 0 Å². The van der Waals surface area contributed by atoms with E-state index in [2.05, 4.69) is 34.5 Å². The number of benzene rings is 1. The normalized spacial score (nSPS) is 32.9. The summed E-state index contributed by atoms with van der Waals surface area (Å²) < 4.78 is 0. The van der Waals surface area contributed by atoms with Gasteiger partial charge in [-0.3, -0.25) is 4.79 Å². The van der Waals surface area contributed by atoms with Crippen LogP contribution in [0.5, 0.6) is 0 Å². The van der Waals surface area contributed by atoms with Crippen molar-refractivity contribution < 1.29 is 14.7 Å². The van der Waals surface area contributed by atoms with Crippen LogP contribution in [0.25, 0.3) is 0 Å². The largest absolute Gasteiger partial charge is 0.396 e. The van der Waals surface area contributed by atoms with E-state index in [0.29, 0.717) is 42.4 Å². The van der Waals surface area contributed by atoms with Crippen LogP contribution in [0.15, 0.2) is 47.1 Å². The predicted octanol–water partition coefficient (Wildman–Crippen LogP) is 5.49. The second-order valence-electron chi connectivity index (χ2n) is 12.5. The lowest BCUT2D eigenvalue weighted by molar-refractivity contribution is -0.115. The zero-order chi connectivity index (χ0) is 26.1. The molecule has 6 rings (SSSR count). The molecule has 2 fully saturated rings. The molecule has 1 aromatic rings. The summed E-state index contributed by atoms with van der Waals surface area (Å²) in [5, 5.41) is 13.4. The minimum absolute atomic E-state index is 0.0858. The Bertz CT molecular complexity index is 1100. The van der Waals surface area contributed by atoms with Gasteiger partial charge in [-0.25, -0.2) is 0 Å². The van der Waals surface area contributed by atoms with Crippen molar-refractivity contribution in [3.63, 3.8) is 0 Å². The maximum Gasteiger partial charge on any atom is 0.155 e. The maximum absolute atomic E-state index is 12.3. The summed E-state index contributed by atoms with van der Waals surface area (Å²) in [4.78, 5) is 26.3. The number of ketones is 1. The lowest BCUT2D eigenvalue weighted by Crippen LogP contribution is -2.52. The Kier molecular flexibility index (Phi) is 7.59. The Balaban J connectivity index is 1.39. The van der Waals surface area contributed by atoms with E-state index in [0.717, 1.165) is 70.7 Å². The molecule has 0 amide bonds. The quantitative estimate of drug-likeness (QED) is 0.353. The number of hydrogen-bond donors (Lipinski definition) is 2. The fourth-order valence-corrected chi connectivity index (χ4v) is 8.98. The molecule has 0 radical (unpaired) electrons. The van der Waals surface area contributed by atoms with E-state index in [1.807, 2.05) is 6.08 Å². The first-order valence-corrected chi connectivity index (χ1v) is 15.2. The van der Waals surface area contributed by atoms with Crippen molar-refractivity contribution in [1.29, 1.82) is 0 Å². The first kappa shape index (κ1) is 26.0. The van der Waals surface area contributed by atoms with Gasteiger partial charge in [0.25, 0.3) is 0 Å². The Hall–Kier alpha value is -2.24. The van der Waals surface area contributed by atoms with Crippen LogP contribution in [0.3, 0.4) is 0 Å². The minimum Gasteiger partial charge on any atom is -0.396 e. The van der Waals surface area contributed by atoms with E-state index in [1.165, 1.54) is 36.1 Å². The summed E-state index contributed by atoms with van der Waals surface area (Å²) in [7, 11) is 0. The van der Waals surface area contributed by atoms with Crippen LogP contribution in [0, 0.1) is 17.8 Å². The van der Waals surface area contributed by atoms with Crippen LogP contribution in [-0.4, -0.2) is 49.0 Å². The number of aliphatic hydroxyl groups excluding tert-OH is 1. The molecule has 1 saturated heterocycles. The molecule has 1 aromatic carbocycles. The molecule has 3 unspecified atom stereocenters. The van der Waals surface area contributed by atoms with Crippen LogP contribution < -0.4 is 10.2 Å². The zero-order valence-electron chi connectivity index (χ0n) is 22.8. The Morgan fingerprint density at radius 3 is 2.61 bits per heavy atom. The number of anilines is 1. The van der Waals surface area contributed by atoms with Crippen LogP contribution in [0.2, 0.25) is 0 Å². The molecule has 204 valence electrons. The number of aldehydes is 1. The van der Waals surface area contributed by atoms with Gasteiger partial charge in [-0.1, -0.05) is 28.9 Å². The second-order valence-corrected chi connectivity index (χ2v) is 12.5. The van der Waals surface area contributed by atoms with Gasteiger partial charge in [-0.15, -0.1) is 0 Å². The maximum atomic E-state index is 12.3. The van der Waals surface area contributed by atoms with Crippen LogP contribution >= 0.6 is 0 Å². The molecule has 5 atom stereocenters. The second kappa shape index (κ2) is 11.1. The topological polar surface area (TPSA) is 69.6 Å². The lowest BCUT2D eigenvalue weighted by atomic mass is 9.58. The summed E-state index contributed by atoms with van der Waals surface area (Å²) in [6, 6.07) is 9.45. The van der Waals surface area contributed by atoms with E-state index in [1.54, 1.807) is 11.1 Å². The number of hydrogen-bond acceptors (Lipinski definition) is 5. The Labute approximate surface area is 227 Å². The first-order chi connectivity index (χ1) is 18.6. The van der Waals surface area contributed by atoms with Crippen LogP contribution in [-0.2, 0) is 9.59 Å². The highest BCUT2D eigenvalue weighted by Crippen LogP contribution is 2.61. The fraction of sp³-hybridized carbons (Fsp3) is 0.636. The van der Waals surface area contributed by atoms with Crippen molar-refractivity contribution in [2.45, 2.75) is 88.5 Å². The van der Waals surface area contributed by atoms with Crippen molar-refractivity contribution in [1.82, 2.24) is 5.32 Å². The molecule has 0 spiro atoms. The van der Waals surface area contributed by atoms with Gasteiger partial charge in [-0.05, 0) is 106 Å². The highest BCUT2D eigenvalue weighted by Gasteiger charge is 2.54. The number of piperidine rings is 1. The van der Waals surface area contributed by atoms with Gasteiger partial charge in [0, 0.05) is 49.2 Å². The fourth-order valence-electron chi connectivity index (χ4n) is 8.98. The van der Waals surface area contributed by atoms with Gasteiger partial charge in [0.15, 0.2) is 5.78 Å². The molecule has 38 heavy (non-hydrogen) atoms. The highest BCUT2D eigenvalue weighted by molar-refractivity contribution is 5.91. The molecule has 5 aliphatic rings. The lowest BCUT2D eigenvalue weighted by Gasteiger charge is -2.49. The van der Waals surface area contributed by atoms with Crippen molar-refractivity contribution in [3.05, 3.63) is 52.6 Å². The van der Waals surface area contributed by atoms with Crippen LogP contribution in [0.4, 0.5) is 5.69 Å². The summed E-state index contributed by atoms with van der Waals surface area (Å²) in [5.74, 6) is 2.09. The third kappa shape index (κ3) is 4.70. The number of fused-ring (bicyclic) bond motifs is 4. The van der Waals surface area contributed by atoms with Crippen molar-refractivity contribution in [2.75, 3.05) is 31.1 Å². The number of rotatable bonds is 8. The molecule has 1 heterocycles. The van der Waals surface area contributed by atoms with E-state index in [4.69, 9.17) is 0 Å². The SMILES string of the molecule is O=CCN[C@@]1(CCCO)CCC2C3=C(C4CCC(=O)C=C4CC3)[C@@H](c3ccc(N4CCCCC4)cc3)CC21. The number of carbonyl (C=O) groups excluding carboxylic acids is 2. The smallest absolute Gasteiger partial charge is 0.155 e. The zero-order valence-corrected chi connectivity index (χ0v) is 22.8. The van der Waals surface area contributed by atoms with E-state index in [9.17, 15) is 14.7 Å². The predicted molar refractivity (Wildman–Crippen MR) is 151 cm³/mol. The minimum atomic E-state index is -0.0858. The summed E-state index contributed by atoms with van der Waals surface area (Å²) in [6.45, 7) is 2.89. The average Bonchev–Trinajstić information content (AvgIpc) is 3.33. The van der Waals surface area contributed by atoms with Crippen molar-refractivity contribution >= 4 is 17.8 Å². The summed E-state index contributed by atoms with van der Waals surface area (Å²) in [5.41, 5.74) is 7.34. The number of carbonyl (C=O) groups is 2. The van der Waals surface area contributed by atoms with Gasteiger partial charge < -0.3 is 20.1 Å². The van der Waals surface area contributed by atoms with Gasteiger partial charge in [0.2, 0.25) is 0 Å². The van der Waals surface area contributed by atoms with Gasteiger partial charge in [0.1, 0.15) is 6.29 Å². The van der Waals surface area contributed by atoms with E-state index >= 15 is 0 Å². The molecular formula is C33H44N2O3. The molecule has 5 nitrogen and oxygen atoms in total. The van der Waals surface area contributed by atoms with Crippen LogP contribution in [0.1, 0.15) is 88.5 Å². The van der Waals surface area contributed by atoms with Gasteiger partial charge in [0.05, 0.1) is 6.54 Å². The summed E-state index contributed by atoms with van der Waals surface area (Å²) >= 11 is 0. The average molecular weight is 517 g/mol.